The second kappa shape index (κ2) is 2.64. The summed E-state index contributed by atoms with van der Waals surface area (Å²) in [6.45, 7) is 1.23. The third-order valence-electron chi connectivity index (χ3n) is 1.22. The van der Waals surface area contributed by atoms with Gasteiger partial charge < -0.3 is 10.8 Å². The Morgan fingerprint density at radius 2 is 2.10 bits per heavy atom. The average molecular weight is 149 g/mol. The minimum absolute atomic E-state index is 0.447. The molecule has 0 rings (SSSR count). The van der Waals surface area contributed by atoms with Gasteiger partial charge in [0.05, 0.1) is 0 Å². The predicted octanol–water partition coefficient (Wildman–Crippen LogP) is -0.325. The Labute approximate surface area is 56.8 Å². The zero-order valence-corrected chi connectivity index (χ0v) is 5.43. The zero-order chi connectivity index (χ0) is 8.36. The second-order valence-corrected chi connectivity index (χ2v) is 1.82. The van der Waals surface area contributed by atoms with Crippen LogP contribution in [0.5, 0.6) is 0 Å². The molecule has 0 saturated heterocycles. The van der Waals surface area contributed by atoms with E-state index < -0.39 is 24.0 Å². The van der Waals surface area contributed by atoms with Gasteiger partial charge in [0, 0.05) is 0 Å². The van der Waals surface area contributed by atoms with Gasteiger partial charge in [-0.1, -0.05) is 6.92 Å². The lowest BCUT2D eigenvalue weighted by Gasteiger charge is -2.12. The molecule has 0 bridgehead atoms. The Balaban J connectivity index is 4.55. The van der Waals surface area contributed by atoms with Crippen molar-refractivity contribution in [2.45, 2.75) is 19.0 Å². The highest BCUT2D eigenvalue weighted by Crippen LogP contribution is 2.14. The molecule has 0 heterocycles. The largest absolute Gasteiger partial charge is 0.478 e. The van der Waals surface area contributed by atoms with Crippen LogP contribution in [-0.4, -0.2) is 22.7 Å². The fourth-order valence-electron chi connectivity index (χ4n) is 0.431. The fourth-order valence-corrected chi connectivity index (χ4v) is 0.431. The Morgan fingerprint density at radius 3 is 2.10 bits per heavy atom. The number of amides is 1. The summed E-state index contributed by atoms with van der Waals surface area (Å²) < 4.78 is 12.7. The van der Waals surface area contributed by atoms with Crippen molar-refractivity contribution in [1.82, 2.24) is 0 Å². The van der Waals surface area contributed by atoms with Crippen molar-refractivity contribution in [1.29, 1.82) is 0 Å². The van der Waals surface area contributed by atoms with Crippen LogP contribution in [-0.2, 0) is 9.59 Å². The van der Waals surface area contributed by atoms with Gasteiger partial charge in [-0.15, -0.1) is 0 Å². The van der Waals surface area contributed by atoms with Gasteiger partial charge in [0.1, 0.15) is 0 Å². The van der Waals surface area contributed by atoms with Crippen LogP contribution in [0.2, 0.25) is 0 Å². The van der Waals surface area contributed by atoms with Gasteiger partial charge in [-0.3, -0.25) is 4.79 Å². The Bertz CT molecular complexity index is 154. The molecule has 0 radical (unpaired) electrons. The minimum Gasteiger partial charge on any atom is -0.478 e. The van der Waals surface area contributed by atoms with Gasteiger partial charge in [0.2, 0.25) is 0 Å². The van der Waals surface area contributed by atoms with Crippen LogP contribution in [0.4, 0.5) is 4.39 Å². The van der Waals surface area contributed by atoms with E-state index in [2.05, 4.69) is 5.73 Å². The molecule has 5 heteroatoms. The molecule has 0 aromatic rings. The van der Waals surface area contributed by atoms with Crippen molar-refractivity contribution in [3.63, 3.8) is 0 Å². The molecule has 4 nitrogen and oxygen atoms in total. The first-order chi connectivity index (χ1) is 4.45. The number of primary amides is 1. The van der Waals surface area contributed by atoms with Gasteiger partial charge >= 0.3 is 5.97 Å². The first-order valence-corrected chi connectivity index (χ1v) is 2.67. The average Bonchev–Trinajstić information content (AvgIpc) is 1.85. The van der Waals surface area contributed by atoms with Crippen molar-refractivity contribution < 1.29 is 19.1 Å². The summed E-state index contributed by atoms with van der Waals surface area (Å²) in [5, 5.41) is 8.13. The first-order valence-electron chi connectivity index (χ1n) is 2.67. The smallest absolute Gasteiger partial charge is 0.351 e. The third-order valence-corrected chi connectivity index (χ3v) is 1.22. The van der Waals surface area contributed by atoms with Crippen LogP contribution in [0.1, 0.15) is 13.3 Å². The Morgan fingerprint density at radius 1 is 1.70 bits per heavy atom. The molecule has 0 unspecified atom stereocenters. The van der Waals surface area contributed by atoms with E-state index in [1.54, 1.807) is 0 Å². The quantitative estimate of drug-likeness (QED) is 0.539. The summed E-state index contributed by atoms with van der Waals surface area (Å²) in [6.07, 6.45) is -0.447. The number of rotatable bonds is 3. The van der Waals surface area contributed by atoms with Crippen LogP contribution in [0.15, 0.2) is 0 Å². The van der Waals surface area contributed by atoms with Crippen LogP contribution >= 0.6 is 0 Å². The SMILES string of the molecule is CC[C@](F)(C(N)=O)C(=O)O. The number of carbonyl (C=O) groups is 2. The van der Waals surface area contributed by atoms with Gasteiger partial charge in [0.15, 0.2) is 0 Å². The first kappa shape index (κ1) is 8.87. The van der Waals surface area contributed by atoms with E-state index in [0.717, 1.165) is 0 Å². The molecule has 0 aliphatic rings. The van der Waals surface area contributed by atoms with Crippen molar-refractivity contribution in [2.24, 2.45) is 5.73 Å². The van der Waals surface area contributed by atoms with Gasteiger partial charge in [0.25, 0.3) is 11.6 Å². The van der Waals surface area contributed by atoms with Crippen molar-refractivity contribution in [3.8, 4) is 0 Å². The van der Waals surface area contributed by atoms with Gasteiger partial charge in [-0.05, 0) is 6.42 Å². The monoisotopic (exact) mass is 149 g/mol. The maximum Gasteiger partial charge on any atom is 0.351 e. The summed E-state index contributed by atoms with van der Waals surface area (Å²) in [7, 11) is 0. The number of aliphatic carboxylic acids is 1. The highest BCUT2D eigenvalue weighted by molar-refractivity contribution is 6.04. The predicted molar refractivity (Wildman–Crippen MR) is 31.0 cm³/mol. The molecule has 0 saturated carbocycles. The molecule has 1 amide bonds. The molecule has 0 fully saturated rings. The minimum atomic E-state index is -2.90. The number of alkyl halides is 1. The van der Waals surface area contributed by atoms with Crippen LogP contribution in [0.3, 0.4) is 0 Å². The number of carboxylic acids is 1. The molecule has 0 aliphatic heterocycles. The van der Waals surface area contributed by atoms with Crippen LogP contribution in [0.25, 0.3) is 0 Å². The zero-order valence-electron chi connectivity index (χ0n) is 5.43. The normalized spacial score (nSPS) is 15.8. The lowest BCUT2D eigenvalue weighted by Crippen LogP contribution is -2.46. The molecule has 0 spiro atoms. The van der Waals surface area contributed by atoms with E-state index in [0.29, 0.717) is 0 Å². The van der Waals surface area contributed by atoms with E-state index in [4.69, 9.17) is 5.11 Å². The van der Waals surface area contributed by atoms with E-state index in [1.165, 1.54) is 6.92 Å². The molecule has 0 aromatic heterocycles. The van der Waals surface area contributed by atoms with E-state index in [-0.39, 0.29) is 0 Å². The van der Waals surface area contributed by atoms with E-state index in [1.807, 2.05) is 0 Å². The summed E-state index contributed by atoms with van der Waals surface area (Å²) in [6, 6.07) is 0. The molecule has 3 N–H and O–H groups in total. The molecular formula is C5H8FNO3. The lowest BCUT2D eigenvalue weighted by molar-refractivity contribution is -0.157. The number of halogens is 1. The summed E-state index contributed by atoms with van der Waals surface area (Å²) in [5.74, 6) is -3.29. The van der Waals surface area contributed by atoms with Crippen molar-refractivity contribution >= 4 is 11.9 Å². The number of carboxylic acid groups (broad SMARTS) is 1. The molecule has 0 aromatic carbocycles. The topological polar surface area (TPSA) is 80.4 Å². The van der Waals surface area contributed by atoms with Gasteiger partial charge in [-0.25, -0.2) is 9.18 Å². The summed E-state index contributed by atoms with van der Waals surface area (Å²) in [4.78, 5) is 20.2. The highest BCUT2D eigenvalue weighted by Gasteiger charge is 2.43. The second-order valence-electron chi connectivity index (χ2n) is 1.82. The third kappa shape index (κ3) is 1.23. The van der Waals surface area contributed by atoms with Crippen molar-refractivity contribution in [3.05, 3.63) is 0 Å². The molecule has 10 heavy (non-hydrogen) atoms. The molecule has 1 atom stereocenters. The summed E-state index contributed by atoms with van der Waals surface area (Å²) >= 11 is 0. The lowest BCUT2D eigenvalue weighted by atomic mass is 10.0. The molecule has 0 aliphatic carbocycles. The van der Waals surface area contributed by atoms with Crippen molar-refractivity contribution in [2.75, 3.05) is 0 Å². The Kier molecular flexibility index (Phi) is 2.34. The van der Waals surface area contributed by atoms with Crippen LogP contribution < -0.4 is 5.73 Å². The fraction of sp³-hybridized carbons (Fsp3) is 0.600. The highest BCUT2D eigenvalue weighted by atomic mass is 19.1. The maximum atomic E-state index is 12.7. The van der Waals surface area contributed by atoms with E-state index in [9.17, 15) is 14.0 Å². The van der Waals surface area contributed by atoms with Gasteiger partial charge in [-0.2, -0.15) is 0 Å². The number of nitrogens with two attached hydrogens (primary N) is 1. The maximum absolute atomic E-state index is 12.7. The molecular weight excluding hydrogens is 141 g/mol. The summed E-state index contributed by atoms with van der Waals surface area (Å²) in [5.41, 5.74) is 1.58. The standard InChI is InChI=1S/C5H8FNO3/c1-2-5(6,3(7)8)4(9)10/h2H2,1H3,(H2,7,8)(H,9,10)/t5-/m0/s1. The number of carbonyl (C=O) groups excluding carboxylic acids is 1. The number of hydrogen-bond acceptors (Lipinski definition) is 2. The molecule has 58 valence electrons. The Hall–Kier alpha value is -1.13. The van der Waals surface area contributed by atoms with Crippen LogP contribution in [0, 0.1) is 0 Å². The van der Waals surface area contributed by atoms with E-state index >= 15 is 0 Å². The number of hydrogen-bond donors (Lipinski definition) is 2.